The molecule has 0 radical (unpaired) electrons. The minimum Gasteiger partial charge on any atom is -0.852 e. The van der Waals surface area contributed by atoms with Gasteiger partial charge in [-0.15, -0.1) is 6.10 Å². The molecule has 0 spiro atoms. The molecule has 8 heavy (non-hydrogen) atoms. The molecule has 0 heterocycles. The van der Waals surface area contributed by atoms with E-state index in [0.717, 1.165) is 12.8 Å². The van der Waals surface area contributed by atoms with Gasteiger partial charge in [0.1, 0.15) is 0 Å². The molecule has 1 aliphatic rings. The van der Waals surface area contributed by atoms with E-state index in [-0.39, 0.29) is 57.5 Å². The maximum atomic E-state index is 10.5. The van der Waals surface area contributed by atoms with Gasteiger partial charge in [-0.1, -0.05) is 32.1 Å². The Labute approximate surface area is 93.3 Å². The van der Waals surface area contributed by atoms with Crippen LogP contribution in [0.4, 0.5) is 0 Å². The maximum Gasteiger partial charge on any atom is 1.00 e. The van der Waals surface area contributed by atoms with Crippen LogP contribution in [0.1, 0.15) is 32.1 Å². The van der Waals surface area contributed by atoms with Crippen LogP contribution < -0.4 is 56.5 Å². The van der Waals surface area contributed by atoms with Gasteiger partial charge < -0.3 is 5.11 Å². The molecule has 0 aromatic heterocycles. The molecule has 0 saturated heterocycles. The van der Waals surface area contributed by atoms with Crippen LogP contribution in [0.3, 0.4) is 0 Å². The molecule has 1 aliphatic carbocycles. The molecule has 1 nitrogen and oxygen atoms in total. The van der Waals surface area contributed by atoms with E-state index in [0.29, 0.717) is 0 Å². The molecule has 0 unspecified atom stereocenters. The summed E-state index contributed by atoms with van der Waals surface area (Å²) in [6, 6.07) is 0. The SMILES string of the molecule is [K+].[O-]C1CCCCC1. The largest absolute Gasteiger partial charge is 1.00 e. The third-order valence-corrected chi connectivity index (χ3v) is 1.55. The van der Waals surface area contributed by atoms with E-state index in [1.807, 2.05) is 0 Å². The van der Waals surface area contributed by atoms with Gasteiger partial charge in [0.05, 0.1) is 0 Å². The molecule has 0 aromatic rings. The summed E-state index contributed by atoms with van der Waals surface area (Å²) in [4.78, 5) is 0. The first-order valence-electron chi connectivity index (χ1n) is 3.05. The van der Waals surface area contributed by atoms with Crippen molar-refractivity contribution in [3.05, 3.63) is 0 Å². The molecule has 0 aromatic carbocycles. The molecule has 1 fully saturated rings. The summed E-state index contributed by atoms with van der Waals surface area (Å²) in [5, 5.41) is 10.5. The summed E-state index contributed by atoms with van der Waals surface area (Å²) in [5.74, 6) is 0. The first kappa shape index (κ1) is 9.60. The van der Waals surface area contributed by atoms with Gasteiger partial charge in [0.25, 0.3) is 0 Å². The predicted molar refractivity (Wildman–Crippen MR) is 26.9 cm³/mol. The fraction of sp³-hybridized carbons (Fsp3) is 1.00. The molecule has 0 atom stereocenters. The molecule has 2 heteroatoms. The monoisotopic (exact) mass is 138 g/mol. The first-order chi connectivity index (χ1) is 3.39. The van der Waals surface area contributed by atoms with E-state index >= 15 is 0 Å². The average molecular weight is 138 g/mol. The van der Waals surface area contributed by atoms with Crippen molar-refractivity contribution in [2.45, 2.75) is 38.2 Å². The van der Waals surface area contributed by atoms with Gasteiger partial charge in [-0.2, -0.15) is 0 Å². The average Bonchev–Trinajstić information content (AvgIpc) is 1.69. The minimum absolute atomic E-state index is 0. The standard InChI is InChI=1S/C6H11O.K/c7-6-4-2-1-3-5-6;/h6H,1-5H2;/q-1;+1. The van der Waals surface area contributed by atoms with Crippen LogP contribution in [0.15, 0.2) is 0 Å². The second-order valence-corrected chi connectivity index (χ2v) is 2.26. The molecule has 0 N–H and O–H groups in total. The molecule has 0 amide bonds. The van der Waals surface area contributed by atoms with Gasteiger partial charge in [0, 0.05) is 0 Å². The van der Waals surface area contributed by atoms with Crippen LogP contribution in [0, 0.1) is 0 Å². The van der Waals surface area contributed by atoms with Gasteiger partial charge in [0.15, 0.2) is 0 Å². The summed E-state index contributed by atoms with van der Waals surface area (Å²) in [7, 11) is 0. The van der Waals surface area contributed by atoms with E-state index < -0.39 is 0 Å². The molecule has 1 saturated carbocycles. The second-order valence-electron chi connectivity index (χ2n) is 2.26. The Hall–Kier alpha value is 1.60. The molecule has 1 rings (SSSR count). The minimum atomic E-state index is -0.214. The fourth-order valence-electron chi connectivity index (χ4n) is 1.07. The van der Waals surface area contributed by atoms with Gasteiger partial charge >= 0.3 is 51.4 Å². The van der Waals surface area contributed by atoms with Crippen LogP contribution in [0.5, 0.6) is 0 Å². The Morgan fingerprint density at radius 1 is 1.00 bits per heavy atom. The second kappa shape index (κ2) is 5.39. The van der Waals surface area contributed by atoms with Gasteiger partial charge in [-0.05, 0) is 0 Å². The van der Waals surface area contributed by atoms with Gasteiger partial charge in [-0.3, -0.25) is 0 Å². The van der Waals surface area contributed by atoms with Crippen LogP contribution in [-0.2, 0) is 0 Å². The maximum absolute atomic E-state index is 10.5. The Morgan fingerprint density at radius 3 is 1.75 bits per heavy atom. The topological polar surface area (TPSA) is 23.1 Å². The zero-order valence-corrected chi connectivity index (χ0v) is 8.64. The van der Waals surface area contributed by atoms with Crippen molar-refractivity contribution in [3.8, 4) is 0 Å². The molecular weight excluding hydrogens is 127 g/mol. The van der Waals surface area contributed by atoms with Crippen molar-refractivity contribution >= 4 is 0 Å². The third-order valence-electron chi connectivity index (χ3n) is 1.55. The van der Waals surface area contributed by atoms with E-state index in [1.54, 1.807) is 0 Å². The number of rotatable bonds is 0. The van der Waals surface area contributed by atoms with Crippen molar-refractivity contribution in [3.63, 3.8) is 0 Å². The zero-order chi connectivity index (χ0) is 5.11. The van der Waals surface area contributed by atoms with Gasteiger partial charge in [-0.25, -0.2) is 0 Å². The van der Waals surface area contributed by atoms with Crippen molar-refractivity contribution in [2.24, 2.45) is 0 Å². The normalized spacial score (nSPS) is 22.1. The van der Waals surface area contributed by atoms with E-state index in [4.69, 9.17) is 0 Å². The molecule has 0 aliphatic heterocycles. The van der Waals surface area contributed by atoms with Crippen molar-refractivity contribution in [1.82, 2.24) is 0 Å². The summed E-state index contributed by atoms with van der Waals surface area (Å²) in [6.45, 7) is 0. The van der Waals surface area contributed by atoms with Gasteiger partial charge in [0.2, 0.25) is 0 Å². The quantitative estimate of drug-likeness (QED) is 0.345. The fourth-order valence-corrected chi connectivity index (χ4v) is 1.07. The Morgan fingerprint density at radius 2 is 1.50 bits per heavy atom. The summed E-state index contributed by atoms with van der Waals surface area (Å²) < 4.78 is 0. The Bertz CT molecular complexity index is 50.5. The van der Waals surface area contributed by atoms with E-state index in [1.165, 1.54) is 19.3 Å². The summed E-state index contributed by atoms with van der Waals surface area (Å²) in [5.41, 5.74) is 0. The van der Waals surface area contributed by atoms with Crippen LogP contribution in [-0.4, -0.2) is 6.10 Å². The molecular formula is C6H11KO. The molecule has 0 bridgehead atoms. The third kappa shape index (κ3) is 3.59. The Kier molecular flexibility index (Phi) is 6.46. The Balaban J connectivity index is 0.000000490. The smallest absolute Gasteiger partial charge is 0.852 e. The zero-order valence-electron chi connectivity index (χ0n) is 5.52. The summed E-state index contributed by atoms with van der Waals surface area (Å²) >= 11 is 0. The number of hydrogen-bond donors (Lipinski definition) is 0. The van der Waals surface area contributed by atoms with E-state index in [2.05, 4.69) is 0 Å². The van der Waals surface area contributed by atoms with Crippen LogP contribution in [0.25, 0.3) is 0 Å². The van der Waals surface area contributed by atoms with Crippen molar-refractivity contribution in [1.29, 1.82) is 0 Å². The van der Waals surface area contributed by atoms with Crippen LogP contribution in [0.2, 0.25) is 0 Å². The van der Waals surface area contributed by atoms with Crippen LogP contribution >= 0.6 is 0 Å². The van der Waals surface area contributed by atoms with Crippen molar-refractivity contribution < 1.29 is 56.5 Å². The van der Waals surface area contributed by atoms with E-state index in [9.17, 15) is 5.11 Å². The molecule has 42 valence electrons. The number of hydrogen-bond acceptors (Lipinski definition) is 1. The summed E-state index contributed by atoms with van der Waals surface area (Å²) in [6.07, 6.45) is 5.29. The predicted octanol–water partition coefficient (Wildman–Crippen LogP) is -2.32. The van der Waals surface area contributed by atoms with Crippen molar-refractivity contribution in [2.75, 3.05) is 0 Å². The first-order valence-corrected chi connectivity index (χ1v) is 3.05.